The molecule has 9 heteroatoms. The van der Waals surface area contributed by atoms with E-state index in [9.17, 15) is 13.2 Å². The molecule has 0 radical (unpaired) electrons. The summed E-state index contributed by atoms with van der Waals surface area (Å²) < 4.78 is 35.2. The zero-order valence-electron chi connectivity index (χ0n) is 18.9. The quantitative estimate of drug-likeness (QED) is 0.521. The average Bonchev–Trinajstić information content (AvgIpc) is 3.28. The van der Waals surface area contributed by atoms with Crippen molar-refractivity contribution in [1.82, 2.24) is 9.36 Å². The molecule has 0 N–H and O–H groups in total. The predicted molar refractivity (Wildman–Crippen MR) is 129 cm³/mol. The molecule has 2 aromatic carbocycles. The number of carbonyl (C=O) groups excluding carboxylic acids is 1. The van der Waals surface area contributed by atoms with Crippen molar-refractivity contribution in [3.05, 3.63) is 64.9 Å². The van der Waals surface area contributed by atoms with Crippen LogP contribution in [-0.4, -0.2) is 36.8 Å². The second-order valence-electron chi connectivity index (χ2n) is 9.10. The number of aromatic nitrogens is 2. The number of hydrogen-bond donors (Lipinski definition) is 0. The lowest BCUT2D eigenvalue weighted by Crippen LogP contribution is -2.38. The second kappa shape index (κ2) is 9.23. The maximum atomic E-state index is 12.9. The van der Waals surface area contributed by atoms with Gasteiger partial charge in [-0.3, -0.25) is 4.79 Å². The Morgan fingerprint density at radius 3 is 2.58 bits per heavy atom. The molecule has 1 aliphatic rings. The molecule has 0 atom stereocenters. The van der Waals surface area contributed by atoms with Crippen LogP contribution in [0.2, 0.25) is 0 Å². The molecular weight excluding hydrogens is 458 g/mol. The molecule has 4 rings (SSSR count). The molecule has 33 heavy (non-hydrogen) atoms. The van der Waals surface area contributed by atoms with Crippen molar-refractivity contribution in [3.63, 3.8) is 0 Å². The van der Waals surface area contributed by atoms with Gasteiger partial charge >= 0.3 is 0 Å². The lowest BCUT2D eigenvalue weighted by Gasteiger charge is -2.30. The first-order valence-electron chi connectivity index (χ1n) is 10.8. The number of aryl methyl sites for hydroxylation is 1. The molecule has 1 amide bonds. The number of carbonyl (C=O) groups is 1. The summed E-state index contributed by atoms with van der Waals surface area (Å²) in [6.07, 6.45) is 2.84. The van der Waals surface area contributed by atoms with Crippen molar-refractivity contribution in [2.75, 3.05) is 18.1 Å². The summed E-state index contributed by atoms with van der Waals surface area (Å²) in [6, 6.07) is 12.8. The van der Waals surface area contributed by atoms with Gasteiger partial charge in [0, 0.05) is 12.2 Å². The third-order valence-corrected chi connectivity index (χ3v) is 8.10. The predicted octanol–water partition coefficient (Wildman–Crippen LogP) is 4.17. The van der Waals surface area contributed by atoms with Crippen LogP contribution in [0.1, 0.15) is 43.3 Å². The summed E-state index contributed by atoms with van der Waals surface area (Å²) >= 11 is 1.08. The zero-order chi connectivity index (χ0) is 23.6. The summed E-state index contributed by atoms with van der Waals surface area (Å²) in [5, 5.41) is 0.456. The minimum atomic E-state index is -3.54. The molecule has 1 aromatic heterocycles. The Morgan fingerprint density at radius 1 is 1.15 bits per heavy atom. The van der Waals surface area contributed by atoms with Gasteiger partial charge in [-0.05, 0) is 71.2 Å². The first kappa shape index (κ1) is 23.4. The number of nitrogens with zero attached hydrogens (tertiary/aromatic N) is 3. The van der Waals surface area contributed by atoms with Gasteiger partial charge in [-0.25, -0.2) is 13.4 Å². The molecule has 174 valence electrons. The number of amides is 1. The van der Waals surface area contributed by atoms with E-state index in [2.05, 4.69) is 30.1 Å². The Hall–Kier alpha value is -2.78. The molecule has 1 aliphatic heterocycles. The standard InChI is InChI=1S/C24H27N3O4S2/c1-24(2,3)18-6-8-19(9-7-18)31-14-23(28)27-12-4-5-17-13-20(10-11-21(17)27)33(29,30)15-22-25-16-26-32-22/h6-11,13,16H,4-5,12,14-15H2,1-3H3. The van der Waals surface area contributed by atoms with E-state index in [1.807, 2.05) is 24.3 Å². The summed E-state index contributed by atoms with van der Waals surface area (Å²) in [5.41, 5.74) is 2.84. The summed E-state index contributed by atoms with van der Waals surface area (Å²) in [7, 11) is -3.54. The maximum absolute atomic E-state index is 12.9. The number of ether oxygens (including phenoxy) is 1. The van der Waals surface area contributed by atoms with Gasteiger partial charge in [0.05, 0.1) is 4.90 Å². The normalized spacial score (nSPS) is 14.1. The van der Waals surface area contributed by atoms with Crippen LogP contribution in [0.15, 0.2) is 53.7 Å². The molecule has 0 unspecified atom stereocenters. The van der Waals surface area contributed by atoms with Crippen molar-refractivity contribution >= 4 is 33.0 Å². The van der Waals surface area contributed by atoms with Crippen LogP contribution in [0, 0.1) is 0 Å². The molecule has 0 spiro atoms. The van der Waals surface area contributed by atoms with E-state index in [-0.39, 0.29) is 28.6 Å². The monoisotopic (exact) mass is 485 g/mol. The van der Waals surface area contributed by atoms with Gasteiger partial charge in [0.1, 0.15) is 22.8 Å². The first-order valence-corrected chi connectivity index (χ1v) is 13.2. The van der Waals surface area contributed by atoms with Gasteiger partial charge in [-0.15, -0.1) is 0 Å². The fraction of sp³-hybridized carbons (Fsp3) is 0.375. The van der Waals surface area contributed by atoms with Gasteiger partial charge in [0.15, 0.2) is 16.4 Å². The van der Waals surface area contributed by atoms with Crippen LogP contribution in [-0.2, 0) is 32.2 Å². The third kappa shape index (κ3) is 5.42. The Labute approximate surface area is 198 Å². The van der Waals surface area contributed by atoms with Crippen molar-refractivity contribution in [2.45, 2.75) is 49.7 Å². The van der Waals surface area contributed by atoms with Gasteiger partial charge in [-0.1, -0.05) is 32.9 Å². The molecule has 0 saturated heterocycles. The number of sulfone groups is 1. The van der Waals surface area contributed by atoms with Crippen LogP contribution in [0.25, 0.3) is 0 Å². The largest absolute Gasteiger partial charge is 0.484 e. The van der Waals surface area contributed by atoms with E-state index in [0.717, 1.165) is 35.6 Å². The Morgan fingerprint density at radius 2 is 1.91 bits per heavy atom. The van der Waals surface area contributed by atoms with Gasteiger partial charge in [0.2, 0.25) is 0 Å². The molecule has 7 nitrogen and oxygen atoms in total. The van der Waals surface area contributed by atoms with Crippen LogP contribution in [0.4, 0.5) is 5.69 Å². The molecule has 0 fully saturated rings. The molecule has 0 aliphatic carbocycles. The maximum Gasteiger partial charge on any atom is 0.264 e. The smallest absolute Gasteiger partial charge is 0.264 e. The molecule has 3 aromatic rings. The van der Waals surface area contributed by atoms with Crippen molar-refractivity contribution in [3.8, 4) is 5.75 Å². The minimum Gasteiger partial charge on any atom is -0.484 e. The lowest BCUT2D eigenvalue weighted by molar-refractivity contribution is -0.120. The van der Waals surface area contributed by atoms with E-state index in [1.54, 1.807) is 23.1 Å². The van der Waals surface area contributed by atoms with E-state index in [0.29, 0.717) is 17.3 Å². The van der Waals surface area contributed by atoms with E-state index >= 15 is 0 Å². The number of hydrogen-bond acceptors (Lipinski definition) is 7. The van der Waals surface area contributed by atoms with Crippen molar-refractivity contribution in [1.29, 1.82) is 0 Å². The highest BCUT2D eigenvalue weighted by atomic mass is 32.2. The second-order valence-corrected chi connectivity index (χ2v) is 12.0. The van der Waals surface area contributed by atoms with Gasteiger partial charge < -0.3 is 9.64 Å². The molecule has 0 bridgehead atoms. The SMILES string of the molecule is CC(C)(C)c1ccc(OCC(=O)N2CCCc3cc(S(=O)(=O)Cc4ncns4)ccc32)cc1. The highest BCUT2D eigenvalue weighted by Crippen LogP contribution is 2.31. The minimum absolute atomic E-state index is 0.0510. The van der Waals surface area contributed by atoms with Gasteiger partial charge in [-0.2, -0.15) is 4.37 Å². The summed E-state index contributed by atoms with van der Waals surface area (Å²) in [4.78, 5) is 18.8. The third-order valence-electron chi connectivity index (χ3n) is 5.63. The average molecular weight is 486 g/mol. The number of benzene rings is 2. The summed E-state index contributed by atoms with van der Waals surface area (Å²) in [5.74, 6) is 0.313. The van der Waals surface area contributed by atoms with Crippen LogP contribution in [0.3, 0.4) is 0 Å². The summed E-state index contributed by atoms with van der Waals surface area (Å²) in [6.45, 7) is 6.94. The van der Waals surface area contributed by atoms with Crippen LogP contribution >= 0.6 is 11.5 Å². The molecule has 2 heterocycles. The van der Waals surface area contributed by atoms with E-state index in [4.69, 9.17) is 4.74 Å². The zero-order valence-corrected chi connectivity index (χ0v) is 20.6. The van der Waals surface area contributed by atoms with Crippen LogP contribution in [0.5, 0.6) is 5.75 Å². The fourth-order valence-corrected chi connectivity index (χ4v) is 5.96. The molecule has 0 saturated carbocycles. The Balaban J connectivity index is 1.46. The lowest BCUT2D eigenvalue weighted by atomic mass is 9.87. The molecular formula is C24H27N3O4S2. The van der Waals surface area contributed by atoms with Crippen molar-refractivity contribution in [2.24, 2.45) is 0 Å². The van der Waals surface area contributed by atoms with Gasteiger partial charge in [0.25, 0.3) is 5.91 Å². The number of anilines is 1. The topological polar surface area (TPSA) is 89.5 Å². The van der Waals surface area contributed by atoms with E-state index in [1.165, 1.54) is 11.9 Å². The fourth-order valence-electron chi connectivity index (χ4n) is 3.81. The number of fused-ring (bicyclic) bond motifs is 1. The Bertz CT molecular complexity index is 1230. The van der Waals surface area contributed by atoms with Crippen LogP contribution < -0.4 is 9.64 Å². The number of rotatable bonds is 6. The highest BCUT2D eigenvalue weighted by Gasteiger charge is 2.26. The Kier molecular flexibility index (Phi) is 6.54. The first-order chi connectivity index (χ1) is 15.6. The van der Waals surface area contributed by atoms with Crippen molar-refractivity contribution < 1.29 is 17.9 Å². The van der Waals surface area contributed by atoms with E-state index < -0.39 is 9.84 Å². The highest BCUT2D eigenvalue weighted by molar-refractivity contribution is 7.90.